The zero-order chi connectivity index (χ0) is 12.5. The van der Waals surface area contributed by atoms with Crippen LogP contribution in [0.15, 0.2) is 16.6 Å². The van der Waals surface area contributed by atoms with Crippen LogP contribution in [0.1, 0.15) is 37.8 Å². The summed E-state index contributed by atoms with van der Waals surface area (Å²) < 4.78 is 6.66. The monoisotopic (exact) mass is 297 g/mol. The smallest absolute Gasteiger partial charge is 0.123 e. The zero-order valence-electron chi connectivity index (χ0n) is 10.8. The minimum absolute atomic E-state index is 0.0993. The van der Waals surface area contributed by atoms with Gasteiger partial charge < -0.3 is 10.1 Å². The Kier molecular flexibility index (Phi) is 3.79. The van der Waals surface area contributed by atoms with Gasteiger partial charge in [-0.15, -0.1) is 0 Å². The largest absolute Gasteiger partial charge is 0.496 e. The number of methoxy groups -OCH3 is 1. The second-order valence-corrected chi connectivity index (χ2v) is 5.71. The van der Waals surface area contributed by atoms with Crippen LogP contribution in [-0.4, -0.2) is 13.7 Å². The lowest BCUT2D eigenvalue weighted by Gasteiger charge is -2.26. The van der Waals surface area contributed by atoms with Crippen molar-refractivity contribution < 1.29 is 4.74 Å². The van der Waals surface area contributed by atoms with Gasteiger partial charge in [-0.1, -0.05) is 22.9 Å². The molecule has 0 radical (unpaired) electrons. The maximum Gasteiger partial charge on any atom is 0.123 e. The van der Waals surface area contributed by atoms with E-state index in [0.29, 0.717) is 0 Å². The summed E-state index contributed by atoms with van der Waals surface area (Å²) in [7, 11) is 1.75. The SMILES string of the molecule is CCc1c(Br)cc(C2(C)CCCN2)cc1OC. The van der Waals surface area contributed by atoms with Crippen molar-refractivity contribution in [1.82, 2.24) is 5.32 Å². The van der Waals surface area contributed by atoms with E-state index in [9.17, 15) is 0 Å². The van der Waals surface area contributed by atoms with E-state index in [0.717, 1.165) is 23.2 Å². The Morgan fingerprint density at radius 3 is 2.76 bits per heavy atom. The zero-order valence-corrected chi connectivity index (χ0v) is 12.4. The van der Waals surface area contributed by atoms with Crippen LogP contribution in [0, 0.1) is 0 Å². The van der Waals surface area contributed by atoms with E-state index in [1.165, 1.54) is 24.0 Å². The van der Waals surface area contributed by atoms with Gasteiger partial charge in [0.25, 0.3) is 0 Å². The molecular formula is C14H20BrNO. The van der Waals surface area contributed by atoms with Gasteiger partial charge in [-0.3, -0.25) is 0 Å². The molecule has 17 heavy (non-hydrogen) atoms. The van der Waals surface area contributed by atoms with Crippen LogP contribution >= 0.6 is 15.9 Å². The van der Waals surface area contributed by atoms with E-state index >= 15 is 0 Å². The lowest BCUT2D eigenvalue weighted by Crippen LogP contribution is -2.33. The standard InChI is InChI=1S/C14H20BrNO/c1-4-11-12(15)8-10(9-13(11)17-3)14(2)6-5-7-16-14/h8-9,16H,4-7H2,1-3H3. The molecule has 0 aliphatic carbocycles. The van der Waals surface area contributed by atoms with E-state index in [1.807, 2.05) is 0 Å². The minimum Gasteiger partial charge on any atom is -0.496 e. The molecule has 1 saturated heterocycles. The molecule has 1 aromatic rings. The molecule has 3 heteroatoms. The predicted octanol–water partition coefficient (Wildman–Crippen LogP) is 3.62. The Bertz CT molecular complexity index is 411. The molecule has 1 aliphatic rings. The molecule has 1 aromatic carbocycles. The van der Waals surface area contributed by atoms with Crippen LogP contribution < -0.4 is 10.1 Å². The molecule has 1 N–H and O–H groups in total. The molecule has 1 atom stereocenters. The molecule has 1 heterocycles. The van der Waals surface area contributed by atoms with Crippen LogP contribution in [0.4, 0.5) is 0 Å². The first kappa shape index (κ1) is 12.9. The molecule has 2 rings (SSSR count). The van der Waals surface area contributed by atoms with Crippen molar-refractivity contribution in [2.45, 2.75) is 38.6 Å². The van der Waals surface area contributed by atoms with Crippen molar-refractivity contribution >= 4 is 15.9 Å². The number of hydrogen-bond donors (Lipinski definition) is 1. The van der Waals surface area contributed by atoms with Crippen LogP contribution in [0.25, 0.3) is 0 Å². The highest BCUT2D eigenvalue weighted by molar-refractivity contribution is 9.10. The number of benzene rings is 1. The molecule has 1 fully saturated rings. The van der Waals surface area contributed by atoms with Crippen molar-refractivity contribution in [2.24, 2.45) is 0 Å². The summed E-state index contributed by atoms with van der Waals surface area (Å²) in [4.78, 5) is 0. The Hall–Kier alpha value is -0.540. The first-order valence-corrected chi connectivity index (χ1v) is 7.02. The highest BCUT2D eigenvalue weighted by Gasteiger charge is 2.31. The fraction of sp³-hybridized carbons (Fsp3) is 0.571. The summed E-state index contributed by atoms with van der Waals surface area (Å²) in [6, 6.07) is 4.42. The van der Waals surface area contributed by atoms with Gasteiger partial charge in [0.2, 0.25) is 0 Å². The van der Waals surface area contributed by atoms with Crippen LogP contribution in [0.5, 0.6) is 5.75 Å². The molecule has 1 unspecified atom stereocenters. The Morgan fingerprint density at radius 2 is 2.24 bits per heavy atom. The fourth-order valence-electron chi connectivity index (χ4n) is 2.60. The molecule has 0 bridgehead atoms. The van der Waals surface area contributed by atoms with Gasteiger partial charge in [-0.2, -0.15) is 0 Å². The topological polar surface area (TPSA) is 21.3 Å². The van der Waals surface area contributed by atoms with Crippen LogP contribution in [0.2, 0.25) is 0 Å². The van der Waals surface area contributed by atoms with Gasteiger partial charge in [0.05, 0.1) is 7.11 Å². The third-order valence-electron chi connectivity index (χ3n) is 3.73. The Labute approximate surface area is 112 Å². The van der Waals surface area contributed by atoms with Crippen molar-refractivity contribution in [3.8, 4) is 5.75 Å². The first-order valence-electron chi connectivity index (χ1n) is 6.22. The molecule has 0 aromatic heterocycles. The molecule has 0 amide bonds. The second-order valence-electron chi connectivity index (χ2n) is 4.85. The molecule has 0 saturated carbocycles. The van der Waals surface area contributed by atoms with E-state index in [1.54, 1.807) is 7.11 Å². The summed E-state index contributed by atoms with van der Waals surface area (Å²) >= 11 is 3.66. The van der Waals surface area contributed by atoms with Gasteiger partial charge in [-0.05, 0) is 50.4 Å². The van der Waals surface area contributed by atoms with Crippen molar-refractivity contribution in [1.29, 1.82) is 0 Å². The number of halogens is 1. The second kappa shape index (κ2) is 4.99. The van der Waals surface area contributed by atoms with Gasteiger partial charge in [-0.25, -0.2) is 0 Å². The maximum atomic E-state index is 5.50. The molecule has 2 nitrogen and oxygen atoms in total. The highest BCUT2D eigenvalue weighted by Crippen LogP contribution is 2.37. The van der Waals surface area contributed by atoms with E-state index < -0.39 is 0 Å². The maximum absolute atomic E-state index is 5.50. The van der Waals surface area contributed by atoms with Gasteiger partial charge in [0.15, 0.2) is 0 Å². The number of ether oxygens (including phenoxy) is 1. The normalized spacial score (nSPS) is 24.0. The van der Waals surface area contributed by atoms with Gasteiger partial charge in [0, 0.05) is 15.6 Å². The van der Waals surface area contributed by atoms with Crippen LogP contribution in [-0.2, 0) is 12.0 Å². The quantitative estimate of drug-likeness (QED) is 0.920. The Morgan fingerprint density at radius 1 is 1.47 bits per heavy atom. The van der Waals surface area contributed by atoms with E-state index in [4.69, 9.17) is 4.74 Å². The van der Waals surface area contributed by atoms with E-state index in [-0.39, 0.29) is 5.54 Å². The number of rotatable bonds is 3. The van der Waals surface area contributed by atoms with Crippen molar-refractivity contribution in [3.63, 3.8) is 0 Å². The molecule has 0 spiro atoms. The van der Waals surface area contributed by atoms with Crippen LogP contribution in [0.3, 0.4) is 0 Å². The average molecular weight is 298 g/mol. The molecule has 94 valence electrons. The summed E-state index contributed by atoms with van der Waals surface area (Å²) in [5, 5.41) is 3.59. The average Bonchev–Trinajstić information content (AvgIpc) is 2.76. The minimum atomic E-state index is 0.0993. The molecular weight excluding hydrogens is 278 g/mol. The summed E-state index contributed by atoms with van der Waals surface area (Å²) in [5.41, 5.74) is 2.66. The third-order valence-corrected chi connectivity index (χ3v) is 4.44. The fourth-order valence-corrected chi connectivity index (χ4v) is 3.32. The number of hydrogen-bond acceptors (Lipinski definition) is 2. The predicted molar refractivity (Wildman–Crippen MR) is 74.7 cm³/mol. The summed E-state index contributed by atoms with van der Waals surface area (Å²) in [6.45, 7) is 5.52. The van der Waals surface area contributed by atoms with Gasteiger partial charge >= 0.3 is 0 Å². The highest BCUT2D eigenvalue weighted by atomic mass is 79.9. The lowest BCUT2D eigenvalue weighted by molar-refractivity contribution is 0.399. The van der Waals surface area contributed by atoms with Crippen molar-refractivity contribution in [3.05, 3.63) is 27.7 Å². The van der Waals surface area contributed by atoms with Crippen molar-refractivity contribution in [2.75, 3.05) is 13.7 Å². The summed E-state index contributed by atoms with van der Waals surface area (Å²) in [6.07, 6.45) is 3.41. The number of nitrogens with one attached hydrogen (secondary N) is 1. The van der Waals surface area contributed by atoms with E-state index in [2.05, 4.69) is 47.2 Å². The van der Waals surface area contributed by atoms with Gasteiger partial charge in [0.1, 0.15) is 5.75 Å². The third kappa shape index (κ3) is 2.36. The first-order chi connectivity index (χ1) is 8.10. The summed E-state index contributed by atoms with van der Waals surface area (Å²) in [5.74, 6) is 0.992. The molecule has 1 aliphatic heterocycles. The Balaban J connectivity index is 2.46. The lowest BCUT2D eigenvalue weighted by atomic mass is 9.89.